The number of fused-ring (bicyclic) bond motifs is 1. The van der Waals surface area contributed by atoms with Crippen molar-refractivity contribution in [3.05, 3.63) is 29.8 Å². The Morgan fingerprint density at radius 1 is 1.35 bits per heavy atom. The van der Waals surface area contributed by atoms with Gasteiger partial charge in [0.1, 0.15) is 0 Å². The summed E-state index contributed by atoms with van der Waals surface area (Å²) in [5, 5.41) is 9.66. The molecule has 2 nitrogen and oxygen atoms in total. The molecule has 0 saturated heterocycles. The number of rotatable bonds is 3. The summed E-state index contributed by atoms with van der Waals surface area (Å²) in [7, 11) is 0. The van der Waals surface area contributed by atoms with E-state index in [0.717, 1.165) is 18.9 Å². The van der Waals surface area contributed by atoms with Crippen LogP contribution in [0.2, 0.25) is 0 Å². The average molecular weight is 231 g/mol. The summed E-state index contributed by atoms with van der Waals surface area (Å²) >= 11 is 0. The predicted octanol–water partition coefficient (Wildman–Crippen LogP) is 2.74. The quantitative estimate of drug-likeness (QED) is 0.864. The molecule has 0 aromatic heterocycles. The zero-order chi connectivity index (χ0) is 11.8. The van der Waals surface area contributed by atoms with Gasteiger partial charge < -0.3 is 10.0 Å². The molecule has 0 spiro atoms. The van der Waals surface area contributed by atoms with E-state index in [4.69, 9.17) is 0 Å². The van der Waals surface area contributed by atoms with E-state index < -0.39 is 0 Å². The molecule has 0 radical (unpaired) electrons. The van der Waals surface area contributed by atoms with Crippen LogP contribution in [-0.2, 0) is 6.42 Å². The molecule has 1 N–H and O–H groups in total. The molecule has 2 atom stereocenters. The van der Waals surface area contributed by atoms with Gasteiger partial charge in [-0.15, -0.1) is 0 Å². The maximum absolute atomic E-state index is 9.66. The van der Waals surface area contributed by atoms with E-state index in [0.29, 0.717) is 6.04 Å². The molecule has 2 heteroatoms. The largest absolute Gasteiger partial charge is 0.393 e. The highest BCUT2D eigenvalue weighted by Gasteiger charge is 2.36. The Labute approximate surface area is 103 Å². The van der Waals surface area contributed by atoms with Crippen molar-refractivity contribution in [3.8, 4) is 0 Å². The summed E-state index contributed by atoms with van der Waals surface area (Å²) in [4.78, 5) is 2.59. The van der Waals surface area contributed by atoms with Gasteiger partial charge >= 0.3 is 0 Å². The number of anilines is 1. The highest BCUT2D eigenvalue weighted by Crippen LogP contribution is 2.40. The van der Waals surface area contributed by atoms with Gasteiger partial charge in [0.05, 0.1) is 6.10 Å². The Morgan fingerprint density at radius 2 is 2.12 bits per heavy atom. The summed E-state index contributed by atoms with van der Waals surface area (Å²) < 4.78 is 0. The average Bonchev–Trinajstić information content (AvgIpc) is 2.54. The van der Waals surface area contributed by atoms with E-state index in [-0.39, 0.29) is 6.10 Å². The van der Waals surface area contributed by atoms with Gasteiger partial charge in [-0.25, -0.2) is 0 Å². The summed E-state index contributed by atoms with van der Waals surface area (Å²) in [5.41, 5.74) is 2.88. The van der Waals surface area contributed by atoms with Crippen molar-refractivity contribution in [2.45, 2.75) is 57.2 Å². The highest BCUT2D eigenvalue weighted by atomic mass is 16.3. The summed E-state index contributed by atoms with van der Waals surface area (Å²) in [6.07, 6.45) is 5.82. The molecule has 1 heterocycles. The zero-order valence-corrected chi connectivity index (χ0v) is 10.5. The van der Waals surface area contributed by atoms with Gasteiger partial charge in [-0.05, 0) is 50.7 Å². The first kappa shape index (κ1) is 11.1. The van der Waals surface area contributed by atoms with Crippen molar-refractivity contribution in [3.63, 3.8) is 0 Å². The molecular weight excluding hydrogens is 210 g/mol. The van der Waals surface area contributed by atoms with Crippen LogP contribution >= 0.6 is 0 Å². The van der Waals surface area contributed by atoms with Crippen LogP contribution in [0.3, 0.4) is 0 Å². The minimum Gasteiger partial charge on any atom is -0.393 e. The molecule has 17 heavy (non-hydrogen) atoms. The van der Waals surface area contributed by atoms with Gasteiger partial charge in [-0.1, -0.05) is 18.2 Å². The molecule has 1 aliphatic carbocycles. The molecule has 2 aliphatic rings. The fourth-order valence-corrected chi connectivity index (χ4v) is 3.23. The third-order valence-electron chi connectivity index (χ3n) is 4.20. The standard InChI is InChI=1S/C15H21NO/c1-11(17)9-14-10-12-5-2-3-8-15(12)16(14)13-6-4-7-13/h2-3,5,8,11,13-14,17H,4,6-7,9-10H2,1H3. The van der Waals surface area contributed by atoms with Gasteiger partial charge in [0.25, 0.3) is 0 Å². The first-order chi connectivity index (χ1) is 8.25. The number of aliphatic hydroxyl groups is 1. The van der Waals surface area contributed by atoms with E-state index >= 15 is 0 Å². The molecule has 1 aliphatic heterocycles. The molecule has 1 fully saturated rings. The van der Waals surface area contributed by atoms with Crippen LogP contribution in [0.4, 0.5) is 5.69 Å². The summed E-state index contributed by atoms with van der Waals surface area (Å²) in [6.45, 7) is 1.90. The van der Waals surface area contributed by atoms with Crippen LogP contribution in [0.1, 0.15) is 38.2 Å². The Kier molecular flexibility index (Phi) is 2.83. The molecule has 1 saturated carbocycles. The van der Waals surface area contributed by atoms with Crippen LogP contribution in [0.5, 0.6) is 0 Å². The summed E-state index contributed by atoms with van der Waals surface area (Å²) in [5.74, 6) is 0. The monoisotopic (exact) mass is 231 g/mol. The smallest absolute Gasteiger partial charge is 0.0531 e. The minimum absolute atomic E-state index is 0.197. The van der Waals surface area contributed by atoms with Crippen LogP contribution < -0.4 is 4.90 Å². The third kappa shape index (κ3) is 1.95. The first-order valence-electron chi connectivity index (χ1n) is 6.80. The van der Waals surface area contributed by atoms with Crippen molar-refractivity contribution in [1.82, 2.24) is 0 Å². The molecule has 2 unspecified atom stereocenters. The first-order valence-corrected chi connectivity index (χ1v) is 6.80. The lowest BCUT2D eigenvalue weighted by atomic mass is 9.90. The second-order valence-electron chi connectivity index (χ2n) is 5.56. The number of hydrogen-bond donors (Lipinski definition) is 1. The molecule has 0 bridgehead atoms. The molecule has 92 valence electrons. The molecule has 1 aromatic carbocycles. The van der Waals surface area contributed by atoms with Crippen molar-refractivity contribution in [2.75, 3.05) is 4.90 Å². The van der Waals surface area contributed by atoms with E-state index in [1.165, 1.54) is 30.5 Å². The number of para-hydroxylation sites is 1. The maximum Gasteiger partial charge on any atom is 0.0531 e. The fraction of sp³-hybridized carbons (Fsp3) is 0.600. The predicted molar refractivity (Wildman–Crippen MR) is 70.3 cm³/mol. The Morgan fingerprint density at radius 3 is 2.76 bits per heavy atom. The Bertz CT molecular complexity index is 398. The van der Waals surface area contributed by atoms with Crippen molar-refractivity contribution >= 4 is 5.69 Å². The van der Waals surface area contributed by atoms with Gasteiger partial charge in [0.15, 0.2) is 0 Å². The topological polar surface area (TPSA) is 23.5 Å². The van der Waals surface area contributed by atoms with Crippen LogP contribution in [0.15, 0.2) is 24.3 Å². The molecule has 1 aromatic rings. The highest BCUT2D eigenvalue weighted by molar-refractivity contribution is 5.60. The lowest BCUT2D eigenvalue weighted by Crippen LogP contribution is -2.45. The molecule has 0 amide bonds. The second-order valence-corrected chi connectivity index (χ2v) is 5.56. The van der Waals surface area contributed by atoms with Gasteiger partial charge in [0, 0.05) is 17.8 Å². The lowest BCUT2D eigenvalue weighted by Gasteiger charge is -2.41. The normalized spacial score (nSPS) is 25.5. The second kappa shape index (κ2) is 4.34. The van der Waals surface area contributed by atoms with Crippen LogP contribution in [-0.4, -0.2) is 23.3 Å². The molecule has 3 rings (SSSR count). The number of aliphatic hydroxyl groups excluding tert-OH is 1. The van der Waals surface area contributed by atoms with Gasteiger partial charge in [0.2, 0.25) is 0 Å². The number of benzene rings is 1. The van der Waals surface area contributed by atoms with Crippen molar-refractivity contribution in [1.29, 1.82) is 0 Å². The van der Waals surface area contributed by atoms with E-state index in [1.54, 1.807) is 0 Å². The number of nitrogens with zero attached hydrogens (tertiary/aromatic N) is 1. The van der Waals surface area contributed by atoms with Crippen molar-refractivity contribution < 1.29 is 5.11 Å². The van der Waals surface area contributed by atoms with E-state index in [2.05, 4.69) is 29.2 Å². The lowest BCUT2D eigenvalue weighted by molar-refractivity contribution is 0.170. The van der Waals surface area contributed by atoms with Gasteiger partial charge in [-0.3, -0.25) is 0 Å². The van der Waals surface area contributed by atoms with Crippen molar-refractivity contribution in [2.24, 2.45) is 0 Å². The fourth-order valence-electron chi connectivity index (χ4n) is 3.23. The maximum atomic E-state index is 9.66. The van der Waals surface area contributed by atoms with Crippen LogP contribution in [0, 0.1) is 0 Å². The number of hydrogen-bond acceptors (Lipinski definition) is 2. The summed E-state index contributed by atoms with van der Waals surface area (Å²) in [6, 6.07) is 9.98. The van der Waals surface area contributed by atoms with E-state index in [1.807, 2.05) is 6.92 Å². The van der Waals surface area contributed by atoms with Gasteiger partial charge in [-0.2, -0.15) is 0 Å². The Balaban J connectivity index is 1.87. The molecular formula is C15H21NO. The zero-order valence-electron chi connectivity index (χ0n) is 10.5. The minimum atomic E-state index is -0.197. The van der Waals surface area contributed by atoms with E-state index in [9.17, 15) is 5.11 Å². The SMILES string of the molecule is CC(O)CC1Cc2ccccc2N1C1CCC1. The Hall–Kier alpha value is -1.02. The van der Waals surface area contributed by atoms with Crippen LogP contribution in [0.25, 0.3) is 0 Å². The third-order valence-corrected chi connectivity index (χ3v) is 4.20.